The summed E-state index contributed by atoms with van der Waals surface area (Å²) in [7, 11) is 0. The first kappa shape index (κ1) is 8.97. The number of anilines is 1. The van der Waals surface area contributed by atoms with E-state index in [-0.39, 0.29) is 10.8 Å². The number of hydrogen-bond acceptors (Lipinski definition) is 3. The van der Waals surface area contributed by atoms with Crippen LogP contribution in [-0.4, -0.2) is 6.54 Å². The molecule has 3 nitrogen and oxygen atoms in total. The van der Waals surface area contributed by atoms with Gasteiger partial charge in [0.15, 0.2) is 0 Å². The average Bonchev–Trinajstić information content (AvgIpc) is 1.95. The van der Waals surface area contributed by atoms with Gasteiger partial charge in [-0.1, -0.05) is 20.8 Å². The van der Waals surface area contributed by atoms with Crippen LogP contribution in [0.2, 0.25) is 0 Å². The molecule has 0 aliphatic carbocycles. The van der Waals surface area contributed by atoms with E-state index >= 15 is 0 Å². The van der Waals surface area contributed by atoms with E-state index in [1.165, 1.54) is 6.07 Å². The van der Waals surface area contributed by atoms with E-state index in [2.05, 4.69) is 26.1 Å². The van der Waals surface area contributed by atoms with Crippen molar-refractivity contribution in [2.24, 2.45) is 5.41 Å². The average molecular weight is 167 g/mol. The molecule has 1 rings (SSSR count). The van der Waals surface area contributed by atoms with E-state index in [0.717, 1.165) is 0 Å². The summed E-state index contributed by atoms with van der Waals surface area (Å²) in [6.07, 6.45) is 0. The molecule has 0 heterocycles. The summed E-state index contributed by atoms with van der Waals surface area (Å²) < 4.78 is 0. The van der Waals surface area contributed by atoms with E-state index in [1.54, 1.807) is 0 Å². The van der Waals surface area contributed by atoms with E-state index in [9.17, 15) is 9.59 Å². The number of hydrogen-bond donors (Lipinski definition) is 1. The molecule has 12 heavy (non-hydrogen) atoms. The highest BCUT2D eigenvalue weighted by atomic mass is 16.2. The molecule has 0 fully saturated rings. The minimum Gasteiger partial charge on any atom is -0.381 e. The molecular formula is C9H13NO2. The molecule has 1 aromatic rings. The van der Waals surface area contributed by atoms with Crippen LogP contribution in [0.15, 0.2) is 15.7 Å². The lowest BCUT2D eigenvalue weighted by molar-refractivity contribution is 0.443. The van der Waals surface area contributed by atoms with Crippen LogP contribution >= 0.6 is 0 Å². The predicted molar refractivity (Wildman–Crippen MR) is 49.3 cm³/mol. The van der Waals surface area contributed by atoms with Crippen molar-refractivity contribution in [2.75, 3.05) is 11.9 Å². The van der Waals surface area contributed by atoms with Crippen molar-refractivity contribution in [3.8, 4) is 0 Å². The summed E-state index contributed by atoms with van der Waals surface area (Å²) in [5.41, 5.74) is -0.208. The second-order valence-corrected chi connectivity index (χ2v) is 4.17. The summed E-state index contributed by atoms with van der Waals surface area (Å²) in [6.45, 7) is 6.89. The maximum Gasteiger partial charge on any atom is 0.248 e. The summed E-state index contributed by atoms with van der Waals surface area (Å²) in [5.74, 6) is 0. The second kappa shape index (κ2) is 2.73. The zero-order valence-corrected chi connectivity index (χ0v) is 7.60. The summed E-state index contributed by atoms with van der Waals surface area (Å²) in [4.78, 5) is 21.3. The molecule has 0 atom stereocenters. The normalized spacial score (nSPS) is 11.9. The molecule has 66 valence electrons. The van der Waals surface area contributed by atoms with Gasteiger partial charge in [-0.2, -0.15) is 0 Å². The van der Waals surface area contributed by atoms with Gasteiger partial charge in [-0.15, -0.1) is 0 Å². The fraction of sp³-hybridized carbons (Fsp3) is 0.556. The minimum absolute atomic E-state index is 0.125. The largest absolute Gasteiger partial charge is 0.381 e. The van der Waals surface area contributed by atoms with Gasteiger partial charge in [-0.05, 0) is 5.41 Å². The molecule has 0 unspecified atom stereocenters. The minimum atomic E-state index is -0.397. The third kappa shape index (κ3) is 1.94. The Bertz CT molecular complexity index is 339. The standard InChI is InChI=1S/C9H13NO2/c1-9(2,3)5-10-6-4-7(11)8(6)12/h4,10H,5H2,1-3H3. The van der Waals surface area contributed by atoms with Crippen molar-refractivity contribution >= 4 is 5.69 Å². The molecule has 0 spiro atoms. The van der Waals surface area contributed by atoms with Crippen LogP contribution in [0.4, 0.5) is 5.69 Å². The van der Waals surface area contributed by atoms with Crippen molar-refractivity contribution in [3.63, 3.8) is 0 Å². The fourth-order valence-electron chi connectivity index (χ4n) is 0.809. The van der Waals surface area contributed by atoms with Crippen molar-refractivity contribution in [3.05, 3.63) is 26.5 Å². The fourth-order valence-corrected chi connectivity index (χ4v) is 0.809. The summed E-state index contributed by atoms with van der Waals surface area (Å²) in [6, 6.07) is 1.34. The maximum absolute atomic E-state index is 10.8. The van der Waals surface area contributed by atoms with Crippen LogP contribution in [-0.2, 0) is 0 Å². The zero-order chi connectivity index (χ0) is 9.35. The van der Waals surface area contributed by atoms with Crippen LogP contribution in [0, 0.1) is 5.41 Å². The number of rotatable bonds is 2. The molecule has 3 heteroatoms. The lowest BCUT2D eigenvalue weighted by atomic mass is 9.97. The lowest BCUT2D eigenvalue weighted by Gasteiger charge is -2.19. The molecule has 0 aromatic heterocycles. The van der Waals surface area contributed by atoms with Gasteiger partial charge < -0.3 is 5.32 Å². The predicted octanol–water partition coefficient (Wildman–Crippen LogP) is 0.741. The molecular weight excluding hydrogens is 154 g/mol. The third-order valence-electron chi connectivity index (χ3n) is 1.55. The quantitative estimate of drug-likeness (QED) is 0.661. The van der Waals surface area contributed by atoms with Gasteiger partial charge in [0.1, 0.15) is 0 Å². The topological polar surface area (TPSA) is 46.2 Å². The van der Waals surface area contributed by atoms with Gasteiger partial charge in [-0.3, -0.25) is 9.59 Å². The van der Waals surface area contributed by atoms with Gasteiger partial charge >= 0.3 is 0 Å². The van der Waals surface area contributed by atoms with Gasteiger partial charge in [0, 0.05) is 12.6 Å². The van der Waals surface area contributed by atoms with Crippen LogP contribution < -0.4 is 16.2 Å². The zero-order valence-electron chi connectivity index (χ0n) is 7.60. The Balaban J connectivity index is 2.53. The first-order chi connectivity index (χ1) is 5.40. The summed E-state index contributed by atoms with van der Waals surface area (Å²) >= 11 is 0. The molecule has 0 saturated carbocycles. The van der Waals surface area contributed by atoms with E-state index in [1.807, 2.05) is 0 Å². The Labute approximate surface area is 71.1 Å². The maximum atomic E-state index is 10.8. The molecule has 1 aromatic carbocycles. The Kier molecular flexibility index (Phi) is 2.04. The van der Waals surface area contributed by atoms with Gasteiger partial charge in [-0.25, -0.2) is 0 Å². The van der Waals surface area contributed by atoms with E-state index < -0.39 is 5.43 Å². The molecule has 0 amide bonds. The smallest absolute Gasteiger partial charge is 0.248 e. The van der Waals surface area contributed by atoms with Gasteiger partial charge in [0.25, 0.3) is 0 Å². The molecule has 0 aliphatic heterocycles. The van der Waals surface area contributed by atoms with Gasteiger partial charge in [0.2, 0.25) is 10.9 Å². The van der Waals surface area contributed by atoms with Crippen LogP contribution in [0.3, 0.4) is 0 Å². The van der Waals surface area contributed by atoms with Crippen molar-refractivity contribution in [2.45, 2.75) is 20.8 Å². The van der Waals surface area contributed by atoms with E-state index in [0.29, 0.717) is 12.2 Å². The van der Waals surface area contributed by atoms with Crippen molar-refractivity contribution in [1.82, 2.24) is 0 Å². The molecule has 1 N–H and O–H groups in total. The van der Waals surface area contributed by atoms with Crippen molar-refractivity contribution < 1.29 is 0 Å². The third-order valence-corrected chi connectivity index (χ3v) is 1.55. The van der Waals surface area contributed by atoms with E-state index in [4.69, 9.17) is 0 Å². The molecule has 0 saturated heterocycles. The first-order valence-corrected chi connectivity index (χ1v) is 3.94. The SMILES string of the molecule is CC(C)(C)CNc1cc(=O)c1=O. The van der Waals surface area contributed by atoms with Crippen LogP contribution in [0.1, 0.15) is 20.8 Å². The Morgan fingerprint density at radius 2 is 1.92 bits per heavy atom. The highest BCUT2D eigenvalue weighted by Gasteiger charge is 2.13. The highest BCUT2D eigenvalue weighted by Crippen LogP contribution is 2.12. The highest BCUT2D eigenvalue weighted by molar-refractivity contribution is 5.47. The van der Waals surface area contributed by atoms with Gasteiger partial charge in [0.05, 0.1) is 5.69 Å². The molecule has 0 aliphatic rings. The molecule has 0 radical (unpaired) electrons. The van der Waals surface area contributed by atoms with Crippen LogP contribution in [0.5, 0.6) is 0 Å². The first-order valence-electron chi connectivity index (χ1n) is 3.94. The van der Waals surface area contributed by atoms with Crippen molar-refractivity contribution in [1.29, 1.82) is 0 Å². The Morgan fingerprint density at radius 3 is 2.25 bits per heavy atom. The Hall–Kier alpha value is -1.12. The number of nitrogens with one attached hydrogen (secondary N) is 1. The monoisotopic (exact) mass is 167 g/mol. The summed E-state index contributed by atoms with van der Waals surface area (Å²) in [5, 5.41) is 2.93. The lowest BCUT2D eigenvalue weighted by Crippen LogP contribution is -2.34. The Morgan fingerprint density at radius 1 is 1.33 bits per heavy atom. The molecule has 0 bridgehead atoms. The second-order valence-electron chi connectivity index (χ2n) is 4.17. The van der Waals surface area contributed by atoms with Crippen LogP contribution in [0.25, 0.3) is 0 Å².